The fourth-order valence-corrected chi connectivity index (χ4v) is 4.18. The molecule has 1 N–H and O–H groups in total. The predicted octanol–water partition coefficient (Wildman–Crippen LogP) is 5.59. The number of carbonyl (C=O) groups excluding carboxylic acids is 1. The number of nitrogens with zero attached hydrogens (tertiary/aromatic N) is 1. The van der Waals surface area contributed by atoms with Gasteiger partial charge in [-0.2, -0.15) is 0 Å². The molecule has 0 spiro atoms. The largest absolute Gasteiger partial charge is 0.468 e. The van der Waals surface area contributed by atoms with Gasteiger partial charge in [0.1, 0.15) is 0 Å². The molecule has 1 fully saturated rings. The van der Waals surface area contributed by atoms with Crippen LogP contribution in [-0.4, -0.2) is 24.0 Å². The van der Waals surface area contributed by atoms with Crippen LogP contribution in [0.25, 0.3) is 22.3 Å². The number of amides is 1. The lowest BCUT2D eigenvalue weighted by Gasteiger charge is -2.22. The van der Waals surface area contributed by atoms with Crippen molar-refractivity contribution in [2.24, 2.45) is 0 Å². The molecule has 4 rings (SSSR count). The zero-order valence-corrected chi connectivity index (χ0v) is 17.3. The number of para-hydroxylation sites is 1. The highest BCUT2D eigenvalue weighted by atomic mass is 16.6. The Balaban J connectivity index is 1.89. The molecular weight excluding hydrogens is 396 g/mol. The maximum absolute atomic E-state index is 13.2. The van der Waals surface area contributed by atoms with Crippen molar-refractivity contribution in [2.45, 2.75) is 38.1 Å². The van der Waals surface area contributed by atoms with Crippen molar-refractivity contribution in [2.75, 3.05) is 7.11 Å². The Morgan fingerprint density at radius 2 is 1.71 bits per heavy atom. The van der Waals surface area contributed by atoms with E-state index in [2.05, 4.69) is 5.32 Å². The molecule has 31 heavy (non-hydrogen) atoms. The number of nitro benzene ring substituents is 1. The number of furan rings is 1. The molecule has 0 bridgehead atoms. The first-order valence-corrected chi connectivity index (χ1v) is 10.4. The molecule has 0 saturated heterocycles. The van der Waals surface area contributed by atoms with Crippen molar-refractivity contribution in [3.05, 3.63) is 70.5 Å². The standard InChI is InChI=1S/C24H24N2O5/c1-30-24-21(18-14-8-9-15-19(18)26(28)29)20(16-10-4-2-5-11-16)22(31-24)23(27)25-17-12-6-3-7-13-17/h2,4-5,8-11,14-15,17H,3,6-7,12-13H2,1H3,(H,25,27). The summed E-state index contributed by atoms with van der Waals surface area (Å²) in [6, 6.07) is 15.7. The Kier molecular flexibility index (Phi) is 6.02. The second kappa shape index (κ2) is 9.04. The molecule has 0 radical (unpaired) electrons. The van der Waals surface area contributed by atoms with Crippen LogP contribution in [0.4, 0.5) is 5.69 Å². The molecule has 7 heteroatoms. The fraction of sp³-hybridized carbons (Fsp3) is 0.292. The van der Waals surface area contributed by atoms with E-state index >= 15 is 0 Å². The monoisotopic (exact) mass is 420 g/mol. The molecule has 1 aliphatic carbocycles. The number of ether oxygens (including phenoxy) is 1. The third-order valence-corrected chi connectivity index (χ3v) is 5.64. The first kappa shape index (κ1) is 20.7. The normalized spacial score (nSPS) is 14.2. The number of nitro groups is 1. The summed E-state index contributed by atoms with van der Waals surface area (Å²) in [4.78, 5) is 24.5. The smallest absolute Gasteiger partial charge is 0.293 e. The van der Waals surface area contributed by atoms with Gasteiger partial charge in [-0.25, -0.2) is 0 Å². The number of hydrogen-bond acceptors (Lipinski definition) is 5. The molecule has 1 amide bonds. The lowest BCUT2D eigenvalue weighted by atomic mass is 9.93. The van der Waals surface area contributed by atoms with Gasteiger partial charge in [-0.1, -0.05) is 61.7 Å². The van der Waals surface area contributed by atoms with E-state index in [-0.39, 0.29) is 29.3 Å². The van der Waals surface area contributed by atoms with E-state index in [4.69, 9.17) is 9.15 Å². The minimum Gasteiger partial charge on any atom is -0.468 e. The molecule has 2 aromatic carbocycles. The zero-order chi connectivity index (χ0) is 21.8. The number of hydrogen-bond donors (Lipinski definition) is 1. The molecule has 1 heterocycles. The molecule has 7 nitrogen and oxygen atoms in total. The van der Waals surface area contributed by atoms with Gasteiger partial charge in [-0.05, 0) is 24.5 Å². The number of nitrogens with one attached hydrogen (secondary N) is 1. The first-order chi connectivity index (χ1) is 15.1. The average molecular weight is 420 g/mol. The van der Waals surface area contributed by atoms with Crippen molar-refractivity contribution < 1.29 is 18.9 Å². The summed E-state index contributed by atoms with van der Waals surface area (Å²) in [6.07, 6.45) is 5.21. The van der Waals surface area contributed by atoms with Crippen LogP contribution in [0.2, 0.25) is 0 Å². The van der Waals surface area contributed by atoms with Crippen molar-refractivity contribution in [3.8, 4) is 28.2 Å². The number of carbonyl (C=O) groups is 1. The van der Waals surface area contributed by atoms with Gasteiger partial charge in [0, 0.05) is 17.7 Å². The van der Waals surface area contributed by atoms with Crippen molar-refractivity contribution >= 4 is 11.6 Å². The van der Waals surface area contributed by atoms with Gasteiger partial charge in [0.05, 0.1) is 23.2 Å². The van der Waals surface area contributed by atoms with Crippen LogP contribution >= 0.6 is 0 Å². The van der Waals surface area contributed by atoms with E-state index in [1.54, 1.807) is 18.2 Å². The third kappa shape index (κ3) is 4.17. The Morgan fingerprint density at radius 1 is 1.03 bits per heavy atom. The van der Waals surface area contributed by atoms with E-state index in [0.717, 1.165) is 31.2 Å². The van der Waals surface area contributed by atoms with Crippen molar-refractivity contribution in [1.82, 2.24) is 5.32 Å². The molecule has 0 atom stereocenters. The van der Waals surface area contributed by atoms with Crippen molar-refractivity contribution in [1.29, 1.82) is 0 Å². The maximum Gasteiger partial charge on any atom is 0.293 e. The molecule has 1 saturated carbocycles. The highest BCUT2D eigenvalue weighted by molar-refractivity contribution is 6.05. The summed E-state index contributed by atoms with van der Waals surface area (Å²) in [5, 5.41) is 14.8. The van der Waals surface area contributed by atoms with Crippen molar-refractivity contribution in [3.63, 3.8) is 0 Å². The number of rotatable bonds is 6. The molecule has 160 valence electrons. The van der Waals surface area contributed by atoms with Crippen LogP contribution < -0.4 is 10.1 Å². The van der Waals surface area contributed by atoms with Crippen LogP contribution in [0, 0.1) is 10.1 Å². The maximum atomic E-state index is 13.2. The summed E-state index contributed by atoms with van der Waals surface area (Å²) in [5.74, 6) is -0.169. The molecule has 0 aliphatic heterocycles. The molecule has 3 aromatic rings. The Morgan fingerprint density at radius 3 is 2.39 bits per heavy atom. The van der Waals surface area contributed by atoms with E-state index in [1.165, 1.54) is 19.6 Å². The van der Waals surface area contributed by atoms with Crippen LogP contribution in [-0.2, 0) is 0 Å². The summed E-state index contributed by atoms with van der Waals surface area (Å²) in [6.45, 7) is 0. The Labute approximate surface area is 180 Å². The van der Waals surface area contributed by atoms with Gasteiger partial charge in [-0.3, -0.25) is 14.9 Å². The fourth-order valence-electron chi connectivity index (χ4n) is 4.18. The summed E-state index contributed by atoms with van der Waals surface area (Å²) < 4.78 is 11.3. The Hall–Kier alpha value is -3.61. The lowest BCUT2D eigenvalue weighted by Crippen LogP contribution is -2.36. The lowest BCUT2D eigenvalue weighted by molar-refractivity contribution is -0.384. The third-order valence-electron chi connectivity index (χ3n) is 5.64. The quantitative estimate of drug-likeness (QED) is 0.414. The molecular formula is C24H24N2O5. The Bertz CT molecular complexity index is 1080. The minimum absolute atomic E-state index is 0.0712. The van der Waals surface area contributed by atoms with Gasteiger partial charge in [0.2, 0.25) is 5.76 Å². The molecule has 1 aromatic heterocycles. The topological polar surface area (TPSA) is 94.6 Å². The predicted molar refractivity (Wildman–Crippen MR) is 117 cm³/mol. The van der Waals surface area contributed by atoms with E-state index in [0.29, 0.717) is 16.7 Å². The minimum atomic E-state index is -0.446. The van der Waals surface area contributed by atoms with Crippen LogP contribution in [0.5, 0.6) is 5.95 Å². The first-order valence-electron chi connectivity index (χ1n) is 10.4. The van der Waals surface area contributed by atoms with Gasteiger partial charge >= 0.3 is 0 Å². The second-order valence-electron chi connectivity index (χ2n) is 7.62. The second-order valence-corrected chi connectivity index (χ2v) is 7.62. The van der Waals surface area contributed by atoms with Crippen LogP contribution in [0.15, 0.2) is 59.0 Å². The summed E-state index contributed by atoms with van der Waals surface area (Å²) in [7, 11) is 1.43. The average Bonchev–Trinajstić information content (AvgIpc) is 3.20. The highest BCUT2D eigenvalue weighted by Crippen LogP contribution is 2.47. The molecule has 0 unspecified atom stereocenters. The SMILES string of the molecule is COc1oc(C(=O)NC2CCCCC2)c(-c2ccccc2)c1-c1ccccc1[N+](=O)[O-]. The van der Waals surface area contributed by atoms with Crippen LogP contribution in [0.3, 0.4) is 0 Å². The van der Waals surface area contributed by atoms with Gasteiger partial charge in [0.15, 0.2) is 0 Å². The van der Waals surface area contributed by atoms with E-state index in [9.17, 15) is 14.9 Å². The number of methoxy groups -OCH3 is 1. The number of benzene rings is 2. The zero-order valence-electron chi connectivity index (χ0n) is 17.3. The highest BCUT2D eigenvalue weighted by Gasteiger charge is 2.32. The van der Waals surface area contributed by atoms with Gasteiger partial charge in [-0.15, -0.1) is 0 Å². The van der Waals surface area contributed by atoms with E-state index in [1.807, 2.05) is 30.3 Å². The summed E-state index contributed by atoms with van der Waals surface area (Å²) >= 11 is 0. The molecule has 1 aliphatic rings. The van der Waals surface area contributed by atoms with Gasteiger partial charge < -0.3 is 14.5 Å². The van der Waals surface area contributed by atoms with Crippen LogP contribution in [0.1, 0.15) is 42.7 Å². The van der Waals surface area contributed by atoms with E-state index < -0.39 is 4.92 Å². The van der Waals surface area contributed by atoms with Gasteiger partial charge in [0.25, 0.3) is 17.5 Å². The summed E-state index contributed by atoms with van der Waals surface area (Å²) in [5.41, 5.74) is 1.85.